The zero-order chi connectivity index (χ0) is 31.9. The van der Waals surface area contributed by atoms with Crippen LogP contribution in [0, 0.1) is 11.8 Å². The van der Waals surface area contributed by atoms with Crippen LogP contribution >= 0.6 is 0 Å². The van der Waals surface area contributed by atoms with Gasteiger partial charge in [-0.15, -0.1) is 0 Å². The van der Waals surface area contributed by atoms with E-state index in [0.29, 0.717) is 23.0 Å². The molecule has 2 aliphatic rings. The van der Waals surface area contributed by atoms with Crippen molar-refractivity contribution >= 4 is 11.9 Å². The van der Waals surface area contributed by atoms with Crippen molar-refractivity contribution in [3.8, 4) is 0 Å². The highest BCUT2D eigenvalue weighted by molar-refractivity contribution is 5.90. The van der Waals surface area contributed by atoms with Gasteiger partial charge < -0.3 is 9.47 Å². The molecule has 0 radical (unpaired) electrons. The Bertz CT molecular complexity index is 1430. The highest BCUT2D eigenvalue weighted by Gasteiger charge is 2.33. The largest absolute Gasteiger partial charge is 0.450 e. The number of hydrogen-bond donors (Lipinski definition) is 0. The third-order valence-electron chi connectivity index (χ3n) is 10.3. The molecule has 0 heterocycles. The molecule has 4 aromatic rings. The number of carbonyl (C=O) groups excluding carboxylic acids is 2. The molecule has 4 aromatic carbocycles. The van der Waals surface area contributed by atoms with E-state index >= 15 is 0 Å². The number of benzene rings is 4. The van der Waals surface area contributed by atoms with E-state index in [1.807, 2.05) is 84.9 Å². The lowest BCUT2D eigenvalue weighted by atomic mass is 9.79. The molecular formula is C42H46O4. The minimum absolute atomic E-state index is 0.444. The van der Waals surface area contributed by atoms with E-state index in [9.17, 15) is 9.59 Å². The number of hydrogen-bond acceptors (Lipinski definition) is 4. The van der Waals surface area contributed by atoms with Gasteiger partial charge >= 0.3 is 11.9 Å². The van der Waals surface area contributed by atoms with Gasteiger partial charge in [-0.3, -0.25) is 0 Å². The summed E-state index contributed by atoms with van der Waals surface area (Å²) in [6, 6.07) is 34.9. The lowest BCUT2D eigenvalue weighted by Crippen LogP contribution is -2.23. The van der Waals surface area contributed by atoms with Crippen LogP contribution in [0.3, 0.4) is 0 Å². The predicted octanol–water partition coefficient (Wildman–Crippen LogP) is 10.8. The van der Waals surface area contributed by atoms with Crippen molar-refractivity contribution in [3.63, 3.8) is 0 Å². The van der Waals surface area contributed by atoms with Gasteiger partial charge in [0, 0.05) is 0 Å². The average Bonchev–Trinajstić information content (AvgIpc) is 3.11. The molecule has 238 valence electrons. The molecule has 2 aliphatic carbocycles. The zero-order valence-electron chi connectivity index (χ0n) is 27.1. The van der Waals surface area contributed by atoms with E-state index in [1.165, 1.54) is 62.5 Å². The molecule has 0 bridgehead atoms. The van der Waals surface area contributed by atoms with Crippen molar-refractivity contribution in [2.24, 2.45) is 11.8 Å². The topological polar surface area (TPSA) is 52.6 Å². The lowest BCUT2D eigenvalue weighted by Gasteiger charge is -2.28. The van der Waals surface area contributed by atoms with Gasteiger partial charge in [0.25, 0.3) is 0 Å². The SMILES string of the molecule is CC1CCC(c2ccc(C(=O)O[C@@H](c3ccccc3)[C@@H](OC(=O)c3ccc(C4CCC(C)CC4)cc3)c3ccccc3)cc2)CC1. The molecule has 0 N–H and O–H groups in total. The van der Waals surface area contributed by atoms with E-state index in [0.717, 1.165) is 23.0 Å². The molecule has 0 spiro atoms. The molecule has 0 saturated heterocycles. The predicted molar refractivity (Wildman–Crippen MR) is 183 cm³/mol. The summed E-state index contributed by atoms with van der Waals surface area (Å²) in [5, 5.41) is 0. The molecule has 4 heteroatoms. The Morgan fingerprint density at radius 3 is 1.13 bits per heavy atom. The maximum absolute atomic E-state index is 13.7. The molecule has 2 fully saturated rings. The van der Waals surface area contributed by atoms with Gasteiger partial charge in [0.05, 0.1) is 11.1 Å². The Hall–Kier alpha value is -4.18. The van der Waals surface area contributed by atoms with Crippen LogP contribution < -0.4 is 0 Å². The molecular weight excluding hydrogens is 568 g/mol. The Balaban J connectivity index is 1.23. The Kier molecular flexibility index (Phi) is 10.3. The van der Waals surface area contributed by atoms with Crippen molar-refractivity contribution in [3.05, 3.63) is 143 Å². The van der Waals surface area contributed by atoms with E-state index in [1.54, 1.807) is 0 Å². The summed E-state index contributed by atoms with van der Waals surface area (Å²) in [5.41, 5.74) is 5.05. The zero-order valence-corrected chi connectivity index (χ0v) is 27.1. The Morgan fingerprint density at radius 1 is 0.478 bits per heavy atom. The molecule has 2 saturated carbocycles. The van der Waals surface area contributed by atoms with Gasteiger partial charge in [-0.1, -0.05) is 124 Å². The smallest absolute Gasteiger partial charge is 0.338 e. The van der Waals surface area contributed by atoms with Gasteiger partial charge in [0.1, 0.15) is 0 Å². The fraction of sp³-hybridized carbons (Fsp3) is 0.381. The Labute approximate surface area is 274 Å². The quantitative estimate of drug-likeness (QED) is 0.176. The maximum atomic E-state index is 13.7. The maximum Gasteiger partial charge on any atom is 0.338 e. The van der Waals surface area contributed by atoms with Gasteiger partial charge in [-0.05, 0) is 95.9 Å². The highest BCUT2D eigenvalue weighted by Crippen LogP contribution is 2.39. The van der Waals surface area contributed by atoms with Crippen LogP contribution in [0.5, 0.6) is 0 Å². The highest BCUT2D eigenvalue weighted by atomic mass is 16.6. The van der Waals surface area contributed by atoms with Crippen molar-refractivity contribution in [2.75, 3.05) is 0 Å². The van der Waals surface area contributed by atoms with Crippen molar-refractivity contribution in [1.29, 1.82) is 0 Å². The van der Waals surface area contributed by atoms with Crippen LogP contribution in [0.2, 0.25) is 0 Å². The number of rotatable bonds is 9. The van der Waals surface area contributed by atoms with E-state index in [2.05, 4.69) is 38.1 Å². The summed E-state index contributed by atoms with van der Waals surface area (Å²) >= 11 is 0. The standard InChI is InChI=1S/C42H46O4/c1-29-13-17-31(18-14-29)33-21-25-37(26-22-33)41(43)45-39(35-9-5-3-6-10-35)40(36-11-7-4-8-12-36)46-42(44)38-27-23-34(24-28-38)32-19-15-30(2)16-20-32/h3-12,21-32,39-40H,13-20H2,1-2H3/t29?,30?,31?,32?,39-,40-/m0/s1. The molecule has 0 amide bonds. The summed E-state index contributed by atoms with van der Waals surface area (Å²) in [6.07, 6.45) is 8.05. The third-order valence-corrected chi connectivity index (χ3v) is 10.3. The van der Waals surface area contributed by atoms with Crippen molar-refractivity contribution in [2.45, 2.75) is 89.3 Å². The average molecular weight is 615 g/mol. The second kappa shape index (κ2) is 14.9. The first-order valence-electron chi connectivity index (χ1n) is 17.2. The van der Waals surface area contributed by atoms with Crippen molar-refractivity contribution in [1.82, 2.24) is 0 Å². The van der Waals surface area contributed by atoms with Crippen LogP contribution in [0.1, 0.15) is 132 Å². The fourth-order valence-electron chi connectivity index (χ4n) is 7.23. The molecule has 2 atom stereocenters. The van der Waals surface area contributed by atoms with Crippen LogP contribution in [0.15, 0.2) is 109 Å². The first-order valence-corrected chi connectivity index (χ1v) is 17.2. The molecule has 0 aliphatic heterocycles. The van der Waals surface area contributed by atoms with E-state index in [4.69, 9.17) is 9.47 Å². The van der Waals surface area contributed by atoms with Crippen LogP contribution in [-0.2, 0) is 9.47 Å². The van der Waals surface area contributed by atoms with E-state index in [-0.39, 0.29) is 0 Å². The third kappa shape index (κ3) is 7.78. The fourth-order valence-corrected chi connectivity index (χ4v) is 7.23. The van der Waals surface area contributed by atoms with Crippen LogP contribution in [-0.4, -0.2) is 11.9 Å². The minimum atomic E-state index is -0.844. The first kappa shape index (κ1) is 31.8. The molecule has 6 rings (SSSR count). The van der Waals surface area contributed by atoms with Gasteiger partial charge in [-0.25, -0.2) is 9.59 Å². The number of ether oxygens (including phenoxy) is 2. The summed E-state index contributed by atoms with van der Waals surface area (Å²) in [7, 11) is 0. The summed E-state index contributed by atoms with van der Waals surface area (Å²) < 4.78 is 12.5. The van der Waals surface area contributed by atoms with Gasteiger partial charge in [0.2, 0.25) is 0 Å². The van der Waals surface area contributed by atoms with Gasteiger partial charge in [0.15, 0.2) is 12.2 Å². The summed E-state index contributed by atoms with van der Waals surface area (Å²) in [5.74, 6) is 1.77. The van der Waals surface area contributed by atoms with Crippen molar-refractivity contribution < 1.29 is 19.1 Å². The first-order chi connectivity index (χ1) is 22.4. The molecule has 0 unspecified atom stereocenters. The second-order valence-corrected chi connectivity index (χ2v) is 13.6. The Morgan fingerprint density at radius 2 is 0.804 bits per heavy atom. The lowest BCUT2D eigenvalue weighted by molar-refractivity contribution is -0.0388. The molecule has 4 nitrogen and oxygen atoms in total. The summed E-state index contributed by atoms with van der Waals surface area (Å²) in [6.45, 7) is 4.65. The van der Waals surface area contributed by atoms with Crippen LogP contribution in [0.4, 0.5) is 0 Å². The van der Waals surface area contributed by atoms with E-state index < -0.39 is 24.1 Å². The van der Waals surface area contributed by atoms with Crippen LogP contribution in [0.25, 0.3) is 0 Å². The minimum Gasteiger partial charge on any atom is -0.450 e. The number of carbonyl (C=O) groups is 2. The summed E-state index contributed by atoms with van der Waals surface area (Å²) in [4.78, 5) is 27.4. The molecule has 0 aromatic heterocycles. The van der Waals surface area contributed by atoms with Gasteiger partial charge in [-0.2, -0.15) is 0 Å². The second-order valence-electron chi connectivity index (χ2n) is 13.6. The normalized spacial score (nSPS) is 22.7. The monoisotopic (exact) mass is 614 g/mol. The molecule has 46 heavy (non-hydrogen) atoms. The number of esters is 2.